The highest BCUT2D eigenvalue weighted by molar-refractivity contribution is 5.86. The van der Waals surface area contributed by atoms with E-state index < -0.39 is 12.0 Å². The second kappa shape index (κ2) is 7.67. The number of carbonyl (C=O) groups excluding carboxylic acids is 2. The molecule has 6 nitrogen and oxygen atoms in total. The van der Waals surface area contributed by atoms with E-state index in [4.69, 9.17) is 10.5 Å². The van der Waals surface area contributed by atoms with E-state index in [1.165, 1.54) is 4.90 Å². The van der Waals surface area contributed by atoms with Crippen molar-refractivity contribution in [3.63, 3.8) is 0 Å². The monoisotopic (exact) mass is 243 g/mol. The molecule has 98 valence electrons. The number of rotatable bonds is 7. The number of nitrogens with zero attached hydrogens (tertiary/aromatic N) is 2. The van der Waals surface area contributed by atoms with Gasteiger partial charge in [-0.25, -0.2) is 9.59 Å². The number of nitrogens with two attached hydrogens (primary N) is 1. The number of carbonyl (C=O) groups is 2. The molecule has 0 rings (SSSR count). The third-order valence-corrected chi connectivity index (χ3v) is 2.07. The van der Waals surface area contributed by atoms with Gasteiger partial charge >= 0.3 is 12.0 Å². The van der Waals surface area contributed by atoms with Crippen molar-refractivity contribution in [3.05, 3.63) is 12.2 Å². The van der Waals surface area contributed by atoms with E-state index in [0.717, 1.165) is 0 Å². The molecule has 0 spiro atoms. The van der Waals surface area contributed by atoms with Crippen molar-refractivity contribution in [1.82, 2.24) is 9.80 Å². The molecule has 0 aliphatic carbocycles. The Hall–Kier alpha value is -1.56. The maximum atomic E-state index is 11.1. The lowest BCUT2D eigenvalue weighted by atomic mass is 10.4. The molecule has 0 bridgehead atoms. The molecule has 0 aliphatic rings. The van der Waals surface area contributed by atoms with Crippen LogP contribution >= 0.6 is 0 Å². The number of primary amides is 1. The highest BCUT2D eigenvalue weighted by atomic mass is 16.5. The van der Waals surface area contributed by atoms with Crippen LogP contribution in [0.1, 0.15) is 6.92 Å². The molecule has 0 fully saturated rings. The standard InChI is InChI=1S/C11H21N3O3/c1-9(2)10(15)17-8-7-14(11(12)16)6-5-13(3)4/h1,5-8H2,2-4H3,(H2,12,16). The molecule has 0 aromatic rings. The highest BCUT2D eigenvalue weighted by Gasteiger charge is 2.11. The van der Waals surface area contributed by atoms with Gasteiger partial charge in [-0.05, 0) is 21.0 Å². The first-order valence-corrected chi connectivity index (χ1v) is 5.36. The number of hydrogen-bond acceptors (Lipinski definition) is 4. The summed E-state index contributed by atoms with van der Waals surface area (Å²) in [5, 5.41) is 0. The molecule has 0 saturated carbocycles. The van der Waals surface area contributed by atoms with E-state index in [0.29, 0.717) is 25.2 Å². The lowest BCUT2D eigenvalue weighted by Crippen LogP contribution is -2.42. The minimum atomic E-state index is -0.516. The van der Waals surface area contributed by atoms with Gasteiger partial charge in [0.2, 0.25) is 0 Å². The summed E-state index contributed by atoms with van der Waals surface area (Å²) in [6, 6.07) is -0.516. The van der Waals surface area contributed by atoms with Crippen LogP contribution in [-0.2, 0) is 9.53 Å². The van der Waals surface area contributed by atoms with Crippen LogP contribution in [0.2, 0.25) is 0 Å². The molecule has 0 saturated heterocycles. The summed E-state index contributed by atoms with van der Waals surface area (Å²) in [7, 11) is 3.81. The maximum absolute atomic E-state index is 11.1. The Bertz CT molecular complexity index is 290. The van der Waals surface area contributed by atoms with Gasteiger partial charge in [0.05, 0.1) is 6.54 Å². The van der Waals surface area contributed by atoms with Gasteiger partial charge in [0.25, 0.3) is 0 Å². The second-order valence-electron chi connectivity index (χ2n) is 4.04. The zero-order valence-corrected chi connectivity index (χ0v) is 10.7. The van der Waals surface area contributed by atoms with Crippen LogP contribution < -0.4 is 5.73 Å². The van der Waals surface area contributed by atoms with E-state index in [1.807, 2.05) is 19.0 Å². The van der Waals surface area contributed by atoms with Crippen LogP contribution in [0.5, 0.6) is 0 Å². The summed E-state index contributed by atoms with van der Waals surface area (Å²) in [5.74, 6) is -0.456. The third kappa shape index (κ3) is 7.35. The SMILES string of the molecule is C=C(C)C(=O)OCCN(CCN(C)C)C(N)=O. The minimum absolute atomic E-state index is 0.127. The Morgan fingerprint density at radius 2 is 1.82 bits per heavy atom. The van der Waals surface area contributed by atoms with Gasteiger partial charge in [-0.15, -0.1) is 0 Å². The topological polar surface area (TPSA) is 75.9 Å². The van der Waals surface area contributed by atoms with E-state index in [2.05, 4.69) is 6.58 Å². The van der Waals surface area contributed by atoms with Crippen molar-refractivity contribution in [3.8, 4) is 0 Å². The molecule has 2 N–H and O–H groups in total. The molecule has 17 heavy (non-hydrogen) atoms. The fraction of sp³-hybridized carbons (Fsp3) is 0.636. The number of esters is 1. The molecule has 6 heteroatoms. The number of likely N-dealkylation sites (N-methyl/N-ethyl adjacent to an activating group) is 1. The lowest BCUT2D eigenvalue weighted by Gasteiger charge is -2.22. The van der Waals surface area contributed by atoms with Crippen molar-refractivity contribution in [1.29, 1.82) is 0 Å². The van der Waals surface area contributed by atoms with Gasteiger partial charge in [-0.1, -0.05) is 6.58 Å². The van der Waals surface area contributed by atoms with Gasteiger partial charge in [-0.2, -0.15) is 0 Å². The quantitative estimate of drug-likeness (QED) is 0.506. The normalized spacial score (nSPS) is 10.1. The van der Waals surface area contributed by atoms with Crippen LogP contribution in [0.25, 0.3) is 0 Å². The maximum Gasteiger partial charge on any atom is 0.333 e. The number of urea groups is 1. The molecule has 0 aromatic carbocycles. The van der Waals surface area contributed by atoms with Crippen LogP contribution in [-0.4, -0.2) is 62.1 Å². The Morgan fingerprint density at radius 1 is 1.24 bits per heavy atom. The fourth-order valence-electron chi connectivity index (χ4n) is 1.02. The van der Waals surface area contributed by atoms with Gasteiger partial charge in [-0.3, -0.25) is 0 Å². The summed E-state index contributed by atoms with van der Waals surface area (Å²) < 4.78 is 4.89. The lowest BCUT2D eigenvalue weighted by molar-refractivity contribution is -0.139. The van der Waals surface area contributed by atoms with E-state index in [1.54, 1.807) is 6.92 Å². The van der Waals surface area contributed by atoms with E-state index in [9.17, 15) is 9.59 Å². The molecule has 0 heterocycles. The number of ether oxygens (including phenoxy) is 1. The van der Waals surface area contributed by atoms with Crippen molar-refractivity contribution < 1.29 is 14.3 Å². The molecular formula is C11H21N3O3. The molecule has 0 unspecified atom stereocenters. The molecule has 0 aliphatic heterocycles. The molecular weight excluding hydrogens is 222 g/mol. The summed E-state index contributed by atoms with van der Waals surface area (Å²) in [5.41, 5.74) is 5.55. The number of hydrogen-bond donors (Lipinski definition) is 1. The average Bonchev–Trinajstić information content (AvgIpc) is 2.21. The average molecular weight is 243 g/mol. The Balaban J connectivity index is 3.97. The minimum Gasteiger partial charge on any atom is -0.460 e. The summed E-state index contributed by atoms with van der Waals surface area (Å²) >= 11 is 0. The first-order valence-electron chi connectivity index (χ1n) is 5.36. The van der Waals surface area contributed by atoms with Crippen LogP contribution in [0.4, 0.5) is 4.79 Å². The van der Waals surface area contributed by atoms with Crippen LogP contribution in [0.15, 0.2) is 12.2 Å². The largest absolute Gasteiger partial charge is 0.460 e. The second-order valence-corrected chi connectivity index (χ2v) is 4.04. The van der Waals surface area contributed by atoms with Gasteiger partial charge in [0.15, 0.2) is 0 Å². The third-order valence-electron chi connectivity index (χ3n) is 2.07. The first kappa shape index (κ1) is 15.4. The first-order chi connectivity index (χ1) is 7.84. The Morgan fingerprint density at radius 3 is 2.24 bits per heavy atom. The molecule has 0 atom stereocenters. The predicted molar refractivity (Wildman–Crippen MR) is 65.5 cm³/mol. The fourth-order valence-corrected chi connectivity index (χ4v) is 1.02. The number of amides is 2. The highest BCUT2D eigenvalue weighted by Crippen LogP contribution is 1.94. The molecule has 0 aromatic heterocycles. The van der Waals surface area contributed by atoms with Crippen molar-refractivity contribution >= 4 is 12.0 Å². The van der Waals surface area contributed by atoms with Crippen molar-refractivity contribution in [2.45, 2.75) is 6.92 Å². The predicted octanol–water partition coefficient (Wildman–Crippen LogP) is 0.0480. The zero-order valence-electron chi connectivity index (χ0n) is 10.7. The van der Waals surface area contributed by atoms with E-state index in [-0.39, 0.29) is 6.61 Å². The molecule has 2 amide bonds. The van der Waals surface area contributed by atoms with Gasteiger partial charge < -0.3 is 20.3 Å². The Labute approximate surface area is 102 Å². The van der Waals surface area contributed by atoms with Crippen molar-refractivity contribution in [2.75, 3.05) is 40.3 Å². The summed E-state index contributed by atoms with van der Waals surface area (Å²) in [6.45, 7) is 6.66. The van der Waals surface area contributed by atoms with Gasteiger partial charge in [0, 0.05) is 18.7 Å². The Kier molecular flexibility index (Phi) is 6.97. The van der Waals surface area contributed by atoms with E-state index >= 15 is 0 Å². The zero-order chi connectivity index (χ0) is 13.4. The van der Waals surface area contributed by atoms with Crippen molar-refractivity contribution in [2.24, 2.45) is 5.73 Å². The summed E-state index contributed by atoms with van der Waals surface area (Å²) in [6.07, 6.45) is 0. The summed E-state index contributed by atoms with van der Waals surface area (Å²) in [4.78, 5) is 25.6. The van der Waals surface area contributed by atoms with Gasteiger partial charge in [0.1, 0.15) is 6.61 Å². The smallest absolute Gasteiger partial charge is 0.333 e. The van der Waals surface area contributed by atoms with Crippen LogP contribution in [0, 0.1) is 0 Å². The molecule has 0 radical (unpaired) electrons. The van der Waals surface area contributed by atoms with Crippen LogP contribution in [0.3, 0.4) is 0 Å².